The Labute approximate surface area is 84.1 Å². The Hall–Kier alpha value is -0.810. The fourth-order valence-electron chi connectivity index (χ4n) is 1.15. The lowest BCUT2D eigenvalue weighted by molar-refractivity contribution is -0.167. The van der Waals surface area contributed by atoms with E-state index in [1.807, 2.05) is 0 Å². The van der Waals surface area contributed by atoms with E-state index in [0.717, 1.165) is 0 Å². The molecule has 0 aliphatic rings. The van der Waals surface area contributed by atoms with E-state index in [1.54, 1.807) is 27.7 Å². The number of amides is 1. The van der Waals surface area contributed by atoms with Gasteiger partial charge in [-0.2, -0.15) is 0 Å². The summed E-state index contributed by atoms with van der Waals surface area (Å²) in [5.74, 6) is 0. The number of hydrogen-bond acceptors (Lipinski definition) is 3. The monoisotopic (exact) mass is 205 g/mol. The summed E-state index contributed by atoms with van der Waals surface area (Å²) in [5, 5.41) is 19.9. The van der Waals surface area contributed by atoms with Crippen molar-refractivity contribution in [2.24, 2.45) is 0 Å². The maximum absolute atomic E-state index is 10.5. The molecule has 14 heavy (non-hydrogen) atoms. The highest BCUT2D eigenvalue weighted by Crippen LogP contribution is 2.20. The van der Waals surface area contributed by atoms with Crippen molar-refractivity contribution >= 4 is 6.09 Å². The van der Waals surface area contributed by atoms with Crippen LogP contribution in [-0.2, 0) is 4.74 Å². The quantitative estimate of drug-likeness (QED) is 0.602. The van der Waals surface area contributed by atoms with Gasteiger partial charge in [-0.15, -0.1) is 0 Å². The minimum atomic E-state index is -1.20. The van der Waals surface area contributed by atoms with E-state index >= 15 is 0 Å². The molecule has 3 N–H and O–H groups in total. The molecule has 0 fully saturated rings. The zero-order valence-electron chi connectivity index (χ0n) is 9.13. The minimum Gasteiger partial charge on any atom is -0.465 e. The number of carbonyl (C=O) groups is 1. The maximum atomic E-state index is 10.5. The first kappa shape index (κ1) is 13.2. The molecule has 84 valence electrons. The van der Waals surface area contributed by atoms with Gasteiger partial charge in [-0.3, -0.25) is 5.32 Å². The molecular weight excluding hydrogens is 186 g/mol. The van der Waals surface area contributed by atoms with Crippen molar-refractivity contribution in [1.82, 2.24) is 5.32 Å². The van der Waals surface area contributed by atoms with Gasteiger partial charge in [-0.05, 0) is 27.2 Å². The molecule has 5 nitrogen and oxygen atoms in total. The first-order valence-corrected chi connectivity index (χ1v) is 4.57. The number of hydrogen-bond donors (Lipinski definition) is 3. The number of aliphatic hydroxyl groups is 1. The molecule has 5 heteroatoms. The van der Waals surface area contributed by atoms with Crippen LogP contribution in [0.4, 0.5) is 4.79 Å². The lowest BCUT2D eigenvalue weighted by Gasteiger charge is -2.37. The standard InChI is InChI=1S/C9H19NO4/c1-5-9(6-11,10-7(12)13)14-8(2,3)4/h10-11H,5-6H2,1-4H3,(H,12,13)/t9-/m1/s1. The van der Waals surface area contributed by atoms with Gasteiger partial charge in [-0.25, -0.2) is 4.79 Å². The molecule has 0 aromatic carbocycles. The average Bonchev–Trinajstić information content (AvgIpc) is 1.99. The van der Waals surface area contributed by atoms with Gasteiger partial charge in [0.2, 0.25) is 0 Å². The third kappa shape index (κ3) is 4.43. The summed E-state index contributed by atoms with van der Waals surface area (Å²) in [6, 6.07) is 0. The van der Waals surface area contributed by atoms with Crippen molar-refractivity contribution in [2.45, 2.75) is 45.4 Å². The van der Waals surface area contributed by atoms with Crippen molar-refractivity contribution in [3.05, 3.63) is 0 Å². The molecule has 0 bridgehead atoms. The lowest BCUT2D eigenvalue weighted by Crippen LogP contribution is -2.55. The molecule has 0 unspecified atom stereocenters. The number of ether oxygens (including phenoxy) is 1. The smallest absolute Gasteiger partial charge is 0.406 e. The number of nitrogens with one attached hydrogen (secondary N) is 1. The molecule has 0 aliphatic carbocycles. The molecule has 0 aromatic rings. The summed E-state index contributed by atoms with van der Waals surface area (Å²) < 4.78 is 5.49. The molecule has 0 rings (SSSR count). The first-order valence-electron chi connectivity index (χ1n) is 4.57. The second-order valence-electron chi connectivity index (χ2n) is 4.15. The Morgan fingerprint density at radius 1 is 1.43 bits per heavy atom. The highest BCUT2D eigenvalue weighted by molar-refractivity contribution is 5.65. The van der Waals surface area contributed by atoms with Gasteiger partial charge >= 0.3 is 6.09 Å². The van der Waals surface area contributed by atoms with Crippen molar-refractivity contribution < 1.29 is 19.7 Å². The van der Waals surface area contributed by atoms with Gasteiger partial charge in [0.25, 0.3) is 0 Å². The summed E-state index contributed by atoms with van der Waals surface area (Å²) in [6.45, 7) is 6.77. The molecule has 0 saturated carbocycles. The van der Waals surface area contributed by atoms with Gasteiger partial charge in [0.15, 0.2) is 5.72 Å². The highest BCUT2D eigenvalue weighted by Gasteiger charge is 2.34. The van der Waals surface area contributed by atoms with E-state index in [4.69, 9.17) is 14.9 Å². The Morgan fingerprint density at radius 3 is 2.14 bits per heavy atom. The third-order valence-corrected chi connectivity index (χ3v) is 1.66. The van der Waals surface area contributed by atoms with Crippen LogP contribution in [0.2, 0.25) is 0 Å². The van der Waals surface area contributed by atoms with Crippen molar-refractivity contribution in [1.29, 1.82) is 0 Å². The van der Waals surface area contributed by atoms with Crippen LogP contribution in [0.15, 0.2) is 0 Å². The van der Waals surface area contributed by atoms with E-state index in [2.05, 4.69) is 5.32 Å². The van der Waals surface area contributed by atoms with Crippen LogP contribution in [0.1, 0.15) is 34.1 Å². The van der Waals surface area contributed by atoms with Gasteiger partial charge < -0.3 is 14.9 Å². The Morgan fingerprint density at radius 2 is 1.93 bits per heavy atom. The summed E-state index contributed by atoms with van der Waals surface area (Å²) in [6.07, 6.45) is -0.835. The second kappa shape index (κ2) is 4.61. The average molecular weight is 205 g/mol. The van der Waals surface area contributed by atoms with Crippen LogP contribution in [0.25, 0.3) is 0 Å². The summed E-state index contributed by atoms with van der Waals surface area (Å²) in [5.41, 5.74) is -1.72. The van der Waals surface area contributed by atoms with E-state index < -0.39 is 17.4 Å². The largest absolute Gasteiger partial charge is 0.465 e. The fraction of sp³-hybridized carbons (Fsp3) is 0.889. The first-order chi connectivity index (χ1) is 6.24. The van der Waals surface area contributed by atoms with E-state index in [1.165, 1.54) is 0 Å². The molecule has 0 spiro atoms. The molecular formula is C9H19NO4. The van der Waals surface area contributed by atoms with Crippen LogP contribution in [-0.4, -0.2) is 34.2 Å². The van der Waals surface area contributed by atoms with Gasteiger partial charge in [0.1, 0.15) is 0 Å². The van der Waals surface area contributed by atoms with Crippen molar-refractivity contribution in [3.63, 3.8) is 0 Å². The summed E-state index contributed by atoms with van der Waals surface area (Å²) in [4.78, 5) is 10.5. The molecule has 1 amide bonds. The lowest BCUT2D eigenvalue weighted by atomic mass is 10.1. The molecule has 0 radical (unpaired) electrons. The normalized spacial score (nSPS) is 16.1. The van der Waals surface area contributed by atoms with Gasteiger partial charge in [-0.1, -0.05) is 6.92 Å². The molecule has 0 aromatic heterocycles. The molecule has 1 atom stereocenters. The van der Waals surface area contributed by atoms with Crippen LogP contribution in [0.5, 0.6) is 0 Å². The topological polar surface area (TPSA) is 78.8 Å². The predicted octanol–water partition coefficient (Wildman–Crippen LogP) is 1.17. The van der Waals surface area contributed by atoms with Crippen LogP contribution in [0.3, 0.4) is 0 Å². The number of carboxylic acid groups (broad SMARTS) is 1. The summed E-state index contributed by atoms with van der Waals surface area (Å²) in [7, 11) is 0. The van der Waals surface area contributed by atoms with E-state index in [-0.39, 0.29) is 6.61 Å². The maximum Gasteiger partial charge on any atom is 0.406 e. The Bertz CT molecular complexity index is 193. The molecule has 0 heterocycles. The van der Waals surface area contributed by atoms with E-state index in [0.29, 0.717) is 6.42 Å². The molecule has 0 saturated heterocycles. The van der Waals surface area contributed by atoms with Gasteiger partial charge in [0, 0.05) is 0 Å². The third-order valence-electron chi connectivity index (χ3n) is 1.66. The van der Waals surface area contributed by atoms with Crippen LogP contribution in [0, 0.1) is 0 Å². The summed E-state index contributed by atoms with van der Waals surface area (Å²) >= 11 is 0. The zero-order chi connectivity index (χ0) is 11.4. The van der Waals surface area contributed by atoms with Crippen molar-refractivity contribution in [3.8, 4) is 0 Å². The minimum absolute atomic E-state index is 0.368. The van der Waals surface area contributed by atoms with Crippen molar-refractivity contribution in [2.75, 3.05) is 6.61 Å². The SMILES string of the molecule is CC[C@@](CO)(NC(=O)O)OC(C)(C)C. The van der Waals surface area contributed by atoms with Gasteiger partial charge in [0.05, 0.1) is 12.2 Å². The van der Waals surface area contributed by atoms with E-state index in [9.17, 15) is 4.79 Å². The van der Waals surface area contributed by atoms with Crippen LogP contribution < -0.4 is 5.32 Å². The predicted molar refractivity (Wildman–Crippen MR) is 52.1 cm³/mol. The highest BCUT2D eigenvalue weighted by atomic mass is 16.6. The Balaban J connectivity index is 4.61. The second-order valence-corrected chi connectivity index (χ2v) is 4.15. The number of rotatable bonds is 4. The fourth-order valence-corrected chi connectivity index (χ4v) is 1.15. The number of aliphatic hydroxyl groups excluding tert-OH is 1. The Kier molecular flexibility index (Phi) is 4.35. The molecule has 0 aliphatic heterocycles. The zero-order valence-corrected chi connectivity index (χ0v) is 9.13. The van der Waals surface area contributed by atoms with Crippen LogP contribution >= 0.6 is 0 Å².